The molecule has 0 aliphatic heterocycles. The van der Waals surface area contributed by atoms with E-state index in [9.17, 15) is 9.59 Å². The summed E-state index contributed by atoms with van der Waals surface area (Å²) in [5, 5.41) is 3.95. The average molecular weight is 410 g/mol. The van der Waals surface area contributed by atoms with Crippen LogP contribution < -0.4 is 5.32 Å². The van der Waals surface area contributed by atoms with E-state index in [0.29, 0.717) is 27.0 Å². The second-order valence-electron chi connectivity index (χ2n) is 6.73. The number of carbonyl (C=O) groups is 2. The van der Waals surface area contributed by atoms with Gasteiger partial charge in [0.25, 0.3) is 5.91 Å². The van der Waals surface area contributed by atoms with Gasteiger partial charge in [0.2, 0.25) is 0 Å². The van der Waals surface area contributed by atoms with E-state index < -0.39 is 0 Å². The van der Waals surface area contributed by atoms with Gasteiger partial charge in [-0.2, -0.15) is 0 Å². The fraction of sp³-hybridized carbons (Fsp3) is 0.238. The SMILES string of the molecule is Cc1ccc(Sc2ncccc2C(=O)Nc2nc3c(s2)C(=O)CCC3)cc1C. The van der Waals surface area contributed by atoms with Gasteiger partial charge < -0.3 is 0 Å². The van der Waals surface area contributed by atoms with E-state index in [0.717, 1.165) is 23.4 Å². The molecule has 1 aromatic carbocycles. The Morgan fingerprint density at radius 3 is 2.82 bits per heavy atom. The lowest BCUT2D eigenvalue weighted by atomic mass is 10.0. The van der Waals surface area contributed by atoms with Crippen molar-refractivity contribution in [2.75, 3.05) is 5.32 Å². The van der Waals surface area contributed by atoms with Crippen LogP contribution in [0.2, 0.25) is 0 Å². The standard InChI is InChI=1S/C21H19N3O2S2/c1-12-8-9-14(11-13(12)2)27-20-15(5-4-10-22-20)19(26)24-21-23-16-6-3-7-17(25)18(16)28-21/h4-5,8-11H,3,6-7H2,1-2H3,(H,23,24,26). The zero-order chi connectivity index (χ0) is 19.7. The first-order valence-corrected chi connectivity index (χ1v) is 10.7. The van der Waals surface area contributed by atoms with Gasteiger partial charge in [-0.1, -0.05) is 29.2 Å². The molecule has 0 atom stereocenters. The number of hydrogen-bond acceptors (Lipinski definition) is 6. The Bertz CT molecular complexity index is 1080. The Balaban J connectivity index is 1.57. The van der Waals surface area contributed by atoms with Crippen LogP contribution in [0.3, 0.4) is 0 Å². The summed E-state index contributed by atoms with van der Waals surface area (Å²) >= 11 is 2.72. The third kappa shape index (κ3) is 3.86. The number of pyridine rings is 1. The van der Waals surface area contributed by atoms with Gasteiger partial charge in [0.1, 0.15) is 5.03 Å². The molecule has 1 N–H and O–H groups in total. The fourth-order valence-corrected chi connectivity index (χ4v) is 4.97. The molecule has 0 saturated heterocycles. The lowest BCUT2D eigenvalue weighted by Gasteiger charge is -2.09. The van der Waals surface area contributed by atoms with Crippen molar-refractivity contribution < 1.29 is 9.59 Å². The Morgan fingerprint density at radius 1 is 1.18 bits per heavy atom. The molecule has 1 aliphatic carbocycles. The zero-order valence-electron chi connectivity index (χ0n) is 15.6. The molecule has 2 aromatic heterocycles. The number of Topliss-reactive ketones (excluding diaryl/α,β-unsaturated/α-hetero) is 1. The lowest BCUT2D eigenvalue weighted by molar-refractivity contribution is 0.0975. The number of fused-ring (bicyclic) bond motifs is 1. The van der Waals surface area contributed by atoms with Crippen LogP contribution in [0.5, 0.6) is 0 Å². The number of ketones is 1. The van der Waals surface area contributed by atoms with Crippen molar-refractivity contribution in [3.63, 3.8) is 0 Å². The van der Waals surface area contributed by atoms with E-state index in [1.807, 2.05) is 6.07 Å². The molecular weight excluding hydrogens is 390 g/mol. The largest absolute Gasteiger partial charge is 0.298 e. The molecule has 7 heteroatoms. The van der Waals surface area contributed by atoms with E-state index in [1.165, 1.54) is 34.2 Å². The number of amides is 1. The van der Waals surface area contributed by atoms with Gasteiger partial charge in [0.15, 0.2) is 10.9 Å². The molecule has 0 radical (unpaired) electrons. The van der Waals surface area contributed by atoms with Gasteiger partial charge in [-0.05, 0) is 62.1 Å². The van der Waals surface area contributed by atoms with Gasteiger partial charge in [-0.15, -0.1) is 0 Å². The van der Waals surface area contributed by atoms with E-state index >= 15 is 0 Å². The Kier molecular flexibility index (Phi) is 5.28. The van der Waals surface area contributed by atoms with Crippen LogP contribution in [0.1, 0.15) is 49.7 Å². The highest BCUT2D eigenvalue weighted by Crippen LogP contribution is 2.32. The maximum absolute atomic E-state index is 12.9. The second kappa shape index (κ2) is 7.85. The van der Waals surface area contributed by atoms with Crippen LogP contribution in [0.4, 0.5) is 5.13 Å². The number of thiazole rings is 1. The van der Waals surface area contributed by atoms with Crippen molar-refractivity contribution in [3.05, 3.63) is 63.8 Å². The summed E-state index contributed by atoms with van der Waals surface area (Å²) in [6.45, 7) is 4.14. The quantitative estimate of drug-likeness (QED) is 0.651. The summed E-state index contributed by atoms with van der Waals surface area (Å²) in [4.78, 5) is 35.4. The highest BCUT2D eigenvalue weighted by atomic mass is 32.2. The summed E-state index contributed by atoms with van der Waals surface area (Å²) in [5.74, 6) is -0.149. The number of nitrogens with zero attached hydrogens (tertiary/aromatic N) is 2. The van der Waals surface area contributed by atoms with Gasteiger partial charge in [-0.25, -0.2) is 9.97 Å². The molecular formula is C21H19N3O2S2. The second-order valence-corrected chi connectivity index (χ2v) is 8.79. The summed E-state index contributed by atoms with van der Waals surface area (Å²) in [6.07, 6.45) is 3.85. The average Bonchev–Trinajstić information content (AvgIpc) is 3.09. The highest BCUT2D eigenvalue weighted by Gasteiger charge is 2.23. The molecule has 0 saturated carbocycles. The Morgan fingerprint density at radius 2 is 2.04 bits per heavy atom. The van der Waals surface area contributed by atoms with Crippen LogP contribution in [-0.2, 0) is 6.42 Å². The van der Waals surface area contributed by atoms with Gasteiger partial charge in [-0.3, -0.25) is 14.9 Å². The first-order chi connectivity index (χ1) is 13.5. The number of rotatable bonds is 4. The molecule has 0 bridgehead atoms. The third-order valence-electron chi connectivity index (χ3n) is 4.70. The molecule has 28 heavy (non-hydrogen) atoms. The fourth-order valence-electron chi connectivity index (χ4n) is 3.02. The summed E-state index contributed by atoms with van der Waals surface area (Å²) < 4.78 is 0. The van der Waals surface area contributed by atoms with Crippen molar-refractivity contribution >= 4 is 39.9 Å². The van der Waals surface area contributed by atoms with Crippen molar-refractivity contribution in [1.82, 2.24) is 9.97 Å². The minimum absolute atomic E-state index is 0.117. The van der Waals surface area contributed by atoms with Crippen molar-refractivity contribution in [2.24, 2.45) is 0 Å². The number of hydrogen-bond donors (Lipinski definition) is 1. The van der Waals surface area contributed by atoms with Gasteiger partial charge in [0.05, 0.1) is 16.1 Å². The number of benzene rings is 1. The lowest BCUT2D eigenvalue weighted by Crippen LogP contribution is -2.13. The van der Waals surface area contributed by atoms with Crippen molar-refractivity contribution in [2.45, 2.75) is 43.0 Å². The first-order valence-electron chi connectivity index (χ1n) is 9.05. The van der Waals surface area contributed by atoms with E-state index in [4.69, 9.17) is 0 Å². The van der Waals surface area contributed by atoms with Crippen LogP contribution in [0.25, 0.3) is 0 Å². The van der Waals surface area contributed by atoms with Crippen LogP contribution in [0.15, 0.2) is 46.5 Å². The smallest absolute Gasteiger partial charge is 0.260 e. The summed E-state index contributed by atoms with van der Waals surface area (Å²) in [6, 6.07) is 9.69. The Labute approximate surface area is 171 Å². The molecule has 2 heterocycles. The van der Waals surface area contributed by atoms with Crippen LogP contribution in [0, 0.1) is 13.8 Å². The minimum atomic E-state index is -0.266. The van der Waals surface area contributed by atoms with Crippen molar-refractivity contribution in [1.29, 1.82) is 0 Å². The normalized spacial score (nSPS) is 13.3. The number of aryl methyl sites for hydroxylation is 3. The summed E-state index contributed by atoms with van der Waals surface area (Å²) in [7, 11) is 0. The minimum Gasteiger partial charge on any atom is -0.298 e. The molecule has 0 fully saturated rings. The molecule has 0 unspecified atom stereocenters. The molecule has 1 aliphatic rings. The molecule has 142 valence electrons. The number of aromatic nitrogens is 2. The van der Waals surface area contributed by atoms with Gasteiger partial charge >= 0.3 is 0 Å². The highest BCUT2D eigenvalue weighted by molar-refractivity contribution is 7.99. The molecule has 4 rings (SSSR count). The zero-order valence-corrected chi connectivity index (χ0v) is 17.2. The van der Waals surface area contributed by atoms with Gasteiger partial charge in [0, 0.05) is 17.5 Å². The number of carbonyl (C=O) groups excluding carboxylic acids is 2. The maximum atomic E-state index is 12.9. The monoisotopic (exact) mass is 409 g/mol. The van der Waals surface area contributed by atoms with Crippen LogP contribution in [-0.4, -0.2) is 21.7 Å². The Hall–Kier alpha value is -2.51. The predicted octanol–water partition coefficient (Wildman–Crippen LogP) is 5.08. The number of nitrogens with one attached hydrogen (secondary N) is 1. The topological polar surface area (TPSA) is 72.0 Å². The predicted molar refractivity (Wildman–Crippen MR) is 112 cm³/mol. The third-order valence-corrected chi connectivity index (χ3v) is 6.76. The van der Waals surface area contributed by atoms with E-state index in [1.54, 1.807) is 18.3 Å². The molecule has 1 amide bonds. The van der Waals surface area contributed by atoms with Crippen molar-refractivity contribution in [3.8, 4) is 0 Å². The maximum Gasteiger partial charge on any atom is 0.260 e. The summed E-state index contributed by atoms with van der Waals surface area (Å²) in [5.41, 5.74) is 3.72. The van der Waals surface area contributed by atoms with E-state index in [-0.39, 0.29) is 11.7 Å². The molecule has 5 nitrogen and oxygen atoms in total. The molecule has 0 spiro atoms. The first kappa shape index (κ1) is 18.8. The van der Waals surface area contributed by atoms with E-state index in [2.05, 4.69) is 41.3 Å². The molecule has 3 aromatic rings. The number of anilines is 1. The van der Waals surface area contributed by atoms with Crippen LogP contribution >= 0.6 is 23.1 Å².